The fourth-order valence-corrected chi connectivity index (χ4v) is 4.83. The van der Waals surface area contributed by atoms with Crippen LogP contribution in [-0.2, 0) is 11.3 Å². The molecule has 1 fully saturated rings. The number of rotatable bonds is 4. The van der Waals surface area contributed by atoms with E-state index in [0.29, 0.717) is 18.0 Å². The van der Waals surface area contributed by atoms with E-state index >= 15 is 0 Å². The van der Waals surface area contributed by atoms with E-state index in [9.17, 15) is 4.79 Å². The average molecular weight is 304 g/mol. The third-order valence-electron chi connectivity index (χ3n) is 4.82. The first-order valence-electron chi connectivity index (χ1n) is 7.77. The molecule has 0 unspecified atom stereocenters. The van der Waals surface area contributed by atoms with Gasteiger partial charge >= 0.3 is 0 Å². The Balaban J connectivity index is 1.78. The molecule has 2 atom stereocenters. The van der Waals surface area contributed by atoms with Crippen LogP contribution < -0.4 is 0 Å². The van der Waals surface area contributed by atoms with Crippen molar-refractivity contribution in [2.24, 2.45) is 5.92 Å². The van der Waals surface area contributed by atoms with Crippen molar-refractivity contribution in [1.82, 2.24) is 9.80 Å². The van der Waals surface area contributed by atoms with Gasteiger partial charge in [0.2, 0.25) is 0 Å². The monoisotopic (exact) mass is 304 g/mol. The van der Waals surface area contributed by atoms with Gasteiger partial charge in [0.1, 0.15) is 6.29 Å². The van der Waals surface area contributed by atoms with Crippen LogP contribution in [-0.4, -0.2) is 49.3 Å². The molecule has 0 N–H and O–H groups in total. The van der Waals surface area contributed by atoms with Crippen molar-refractivity contribution < 1.29 is 4.79 Å². The van der Waals surface area contributed by atoms with Crippen molar-refractivity contribution in [3.05, 3.63) is 34.0 Å². The molecule has 3 rings (SSSR count). The summed E-state index contributed by atoms with van der Waals surface area (Å²) in [6.45, 7) is 9.01. The summed E-state index contributed by atoms with van der Waals surface area (Å²) in [5.41, 5.74) is 2.25. The number of fused-ring (bicyclic) bond motifs is 1. The molecular formula is C17H24N2OS. The van der Waals surface area contributed by atoms with Gasteiger partial charge in [-0.2, -0.15) is 0 Å². The summed E-state index contributed by atoms with van der Waals surface area (Å²) in [5.74, 6) is 1.35. The summed E-state index contributed by atoms with van der Waals surface area (Å²) in [7, 11) is 2.23. The lowest BCUT2D eigenvalue weighted by molar-refractivity contribution is -0.105. The van der Waals surface area contributed by atoms with Crippen LogP contribution in [0.1, 0.15) is 29.2 Å². The minimum atomic E-state index is 0.613. The van der Waals surface area contributed by atoms with E-state index in [1.165, 1.54) is 30.8 Å². The summed E-state index contributed by atoms with van der Waals surface area (Å²) in [6.07, 6.45) is 3.53. The van der Waals surface area contributed by atoms with E-state index in [1.807, 2.05) is 11.3 Å². The van der Waals surface area contributed by atoms with Gasteiger partial charge in [-0.25, -0.2) is 0 Å². The van der Waals surface area contributed by atoms with Crippen molar-refractivity contribution in [2.75, 3.05) is 33.2 Å². The molecule has 1 saturated heterocycles. The summed E-state index contributed by atoms with van der Waals surface area (Å²) >= 11 is 1.86. The first-order chi connectivity index (χ1) is 10.2. The van der Waals surface area contributed by atoms with Crippen molar-refractivity contribution in [3.63, 3.8) is 0 Å². The maximum atomic E-state index is 10.9. The Morgan fingerprint density at radius 1 is 1.52 bits per heavy atom. The number of hydrogen-bond donors (Lipinski definition) is 0. The number of nitrogens with zero attached hydrogens (tertiary/aromatic N) is 2. The molecule has 1 aromatic rings. The van der Waals surface area contributed by atoms with Gasteiger partial charge in [-0.15, -0.1) is 11.3 Å². The SMILES string of the molecule is C=C(C=O)CN1Cc2sccc2[C@@H]([C@H]2CCCN(C)C2)C1. The number of likely N-dealkylation sites (tertiary alicyclic amines) is 1. The Morgan fingerprint density at radius 3 is 3.14 bits per heavy atom. The third-order valence-corrected chi connectivity index (χ3v) is 5.75. The number of piperidine rings is 1. The molecular weight excluding hydrogens is 280 g/mol. The molecule has 0 bridgehead atoms. The minimum Gasteiger partial charge on any atom is -0.306 e. The number of carbonyl (C=O) groups is 1. The Morgan fingerprint density at radius 2 is 2.38 bits per heavy atom. The van der Waals surface area contributed by atoms with Crippen LogP contribution in [0.2, 0.25) is 0 Å². The van der Waals surface area contributed by atoms with Gasteiger partial charge in [0.15, 0.2) is 0 Å². The van der Waals surface area contributed by atoms with Gasteiger partial charge in [0.05, 0.1) is 0 Å². The van der Waals surface area contributed by atoms with Gasteiger partial charge in [-0.05, 0) is 54.9 Å². The predicted octanol–water partition coefficient (Wildman–Crippen LogP) is 2.74. The lowest BCUT2D eigenvalue weighted by atomic mass is 9.79. The second-order valence-corrected chi connectivity index (χ2v) is 7.52. The number of carbonyl (C=O) groups excluding carboxylic acids is 1. The summed E-state index contributed by atoms with van der Waals surface area (Å²) in [5, 5.41) is 2.22. The van der Waals surface area contributed by atoms with Gasteiger partial charge in [0.25, 0.3) is 0 Å². The van der Waals surface area contributed by atoms with Crippen LogP contribution >= 0.6 is 11.3 Å². The van der Waals surface area contributed by atoms with E-state index in [4.69, 9.17) is 0 Å². The first-order valence-corrected chi connectivity index (χ1v) is 8.65. The number of aldehydes is 1. The predicted molar refractivity (Wildman–Crippen MR) is 87.8 cm³/mol. The highest BCUT2D eigenvalue weighted by atomic mass is 32.1. The zero-order valence-electron chi connectivity index (χ0n) is 12.8. The van der Waals surface area contributed by atoms with Gasteiger partial charge in [0, 0.05) is 37.0 Å². The molecule has 3 heterocycles. The summed E-state index contributed by atoms with van der Waals surface area (Å²) in [6, 6.07) is 2.32. The van der Waals surface area contributed by atoms with Crippen molar-refractivity contribution >= 4 is 17.6 Å². The fraction of sp³-hybridized carbons (Fsp3) is 0.588. The molecule has 2 aliphatic heterocycles. The Hall–Kier alpha value is -0.970. The highest BCUT2D eigenvalue weighted by Crippen LogP contribution is 2.39. The zero-order valence-corrected chi connectivity index (χ0v) is 13.6. The fourth-order valence-electron chi connectivity index (χ4n) is 3.84. The van der Waals surface area contributed by atoms with Crippen molar-refractivity contribution in [2.45, 2.75) is 25.3 Å². The number of hydrogen-bond acceptors (Lipinski definition) is 4. The van der Waals surface area contributed by atoms with Crippen LogP contribution in [0.5, 0.6) is 0 Å². The van der Waals surface area contributed by atoms with Gasteiger partial charge < -0.3 is 4.90 Å². The molecule has 0 aromatic carbocycles. The second-order valence-electron chi connectivity index (χ2n) is 6.52. The van der Waals surface area contributed by atoms with Crippen molar-refractivity contribution in [1.29, 1.82) is 0 Å². The molecule has 3 nitrogen and oxygen atoms in total. The topological polar surface area (TPSA) is 23.6 Å². The molecule has 21 heavy (non-hydrogen) atoms. The third kappa shape index (κ3) is 3.28. The highest BCUT2D eigenvalue weighted by Gasteiger charge is 2.33. The summed E-state index contributed by atoms with van der Waals surface area (Å²) < 4.78 is 0. The molecule has 0 aliphatic carbocycles. The lowest BCUT2D eigenvalue weighted by Crippen LogP contribution is -2.42. The standard InChI is InChI=1S/C17H24N2OS/c1-13(12-20)8-19-10-16(14-4-3-6-18(2)9-14)15-5-7-21-17(15)11-19/h5,7,12,14,16H,1,3-4,6,8-11H2,2H3/t14-,16+/m0/s1. The number of thiophene rings is 1. The van der Waals surface area contributed by atoms with Crippen molar-refractivity contribution in [3.8, 4) is 0 Å². The van der Waals surface area contributed by atoms with Crippen LogP contribution in [0.25, 0.3) is 0 Å². The van der Waals surface area contributed by atoms with E-state index in [2.05, 4.69) is 34.9 Å². The minimum absolute atomic E-state index is 0.613. The smallest absolute Gasteiger partial charge is 0.146 e. The normalized spacial score (nSPS) is 27.3. The van der Waals surface area contributed by atoms with Gasteiger partial charge in [-0.1, -0.05) is 6.58 Å². The van der Waals surface area contributed by atoms with Crippen LogP contribution in [0, 0.1) is 5.92 Å². The quantitative estimate of drug-likeness (QED) is 0.631. The molecule has 0 amide bonds. The van der Waals surface area contributed by atoms with Gasteiger partial charge in [-0.3, -0.25) is 9.69 Å². The van der Waals surface area contributed by atoms with Crippen LogP contribution in [0.3, 0.4) is 0 Å². The Labute approximate surface area is 131 Å². The highest BCUT2D eigenvalue weighted by molar-refractivity contribution is 7.10. The molecule has 1 aromatic heterocycles. The molecule has 4 heteroatoms. The van der Waals surface area contributed by atoms with E-state index in [-0.39, 0.29) is 0 Å². The maximum absolute atomic E-state index is 10.9. The molecule has 0 radical (unpaired) electrons. The molecule has 114 valence electrons. The lowest BCUT2D eigenvalue weighted by Gasteiger charge is -2.40. The Bertz CT molecular complexity index is 525. The zero-order chi connectivity index (χ0) is 14.8. The largest absolute Gasteiger partial charge is 0.306 e. The van der Waals surface area contributed by atoms with Crippen LogP contribution in [0.4, 0.5) is 0 Å². The van der Waals surface area contributed by atoms with E-state index in [1.54, 1.807) is 5.56 Å². The average Bonchev–Trinajstić information content (AvgIpc) is 2.94. The molecule has 0 spiro atoms. The molecule has 0 saturated carbocycles. The van der Waals surface area contributed by atoms with Crippen LogP contribution in [0.15, 0.2) is 23.6 Å². The van der Waals surface area contributed by atoms with E-state index < -0.39 is 0 Å². The molecule has 2 aliphatic rings. The Kier molecular flexibility index (Phi) is 4.57. The van der Waals surface area contributed by atoms with E-state index in [0.717, 1.165) is 25.3 Å². The second kappa shape index (κ2) is 6.42. The summed E-state index contributed by atoms with van der Waals surface area (Å²) in [4.78, 5) is 17.2. The maximum Gasteiger partial charge on any atom is 0.146 e. The first kappa shape index (κ1) is 14.9.